The zero-order valence-electron chi connectivity index (χ0n) is 15.8. The maximum Gasteiger partial charge on any atom is 0.252 e. The molecule has 0 fully saturated rings. The summed E-state index contributed by atoms with van der Waals surface area (Å²) in [4.78, 5) is 21.6. The molecule has 0 aliphatic carbocycles. The molecule has 0 spiro atoms. The van der Waals surface area contributed by atoms with E-state index in [0.717, 1.165) is 22.5 Å². The molecule has 0 aliphatic heterocycles. The topological polar surface area (TPSA) is 72.2 Å². The molecule has 4 aromatic rings. The number of nitrogens with one attached hydrogen (secondary N) is 1. The minimum absolute atomic E-state index is 0.0953. The normalized spacial score (nSPS) is 11.1. The molecule has 1 amide bonds. The van der Waals surface area contributed by atoms with Gasteiger partial charge in [-0.1, -0.05) is 60.7 Å². The van der Waals surface area contributed by atoms with E-state index in [1.165, 1.54) is 0 Å². The van der Waals surface area contributed by atoms with E-state index in [2.05, 4.69) is 20.4 Å². The zero-order chi connectivity index (χ0) is 19.5. The third kappa shape index (κ3) is 3.76. The van der Waals surface area contributed by atoms with E-state index < -0.39 is 0 Å². The molecule has 4 rings (SSSR count). The molecule has 0 atom stereocenters. The van der Waals surface area contributed by atoms with Crippen LogP contribution in [0.25, 0.3) is 5.78 Å². The maximum absolute atomic E-state index is 12.8. The van der Waals surface area contributed by atoms with Crippen molar-refractivity contribution in [3.8, 4) is 0 Å². The number of hydrogen-bond acceptors (Lipinski definition) is 4. The second kappa shape index (κ2) is 7.60. The molecule has 140 valence electrons. The van der Waals surface area contributed by atoms with Crippen molar-refractivity contribution in [1.82, 2.24) is 24.9 Å². The average molecular weight is 371 g/mol. The molecule has 0 bridgehead atoms. The van der Waals surface area contributed by atoms with Crippen molar-refractivity contribution in [1.29, 1.82) is 0 Å². The largest absolute Gasteiger partial charge is 0.345 e. The molecular weight excluding hydrogens is 350 g/mol. The van der Waals surface area contributed by atoms with E-state index in [9.17, 15) is 4.79 Å². The van der Waals surface area contributed by atoms with Gasteiger partial charge >= 0.3 is 0 Å². The van der Waals surface area contributed by atoms with Crippen LogP contribution in [-0.4, -0.2) is 25.5 Å². The Balaban J connectivity index is 1.58. The Bertz CT molecular complexity index is 1070. The second-order valence-corrected chi connectivity index (χ2v) is 6.78. The Kier molecular flexibility index (Phi) is 4.85. The SMILES string of the molecule is Cc1cc(C)n2nc(CC(=O)NC(c3ccccc3)c3ccccc3)nc2n1. The Labute approximate surface area is 163 Å². The standard InChI is InChI=1S/C22H21N5O/c1-15-13-16(2)27-22(23-15)24-19(26-27)14-20(28)25-21(17-9-5-3-6-10-17)18-11-7-4-8-12-18/h3-13,21H,14H2,1-2H3,(H,25,28). The van der Waals surface area contributed by atoms with Gasteiger partial charge in [0.05, 0.1) is 12.5 Å². The second-order valence-electron chi connectivity index (χ2n) is 6.78. The van der Waals surface area contributed by atoms with Crippen LogP contribution >= 0.6 is 0 Å². The van der Waals surface area contributed by atoms with Gasteiger partial charge < -0.3 is 5.32 Å². The molecular formula is C22H21N5O. The highest BCUT2D eigenvalue weighted by molar-refractivity contribution is 5.78. The summed E-state index contributed by atoms with van der Waals surface area (Å²) in [7, 11) is 0. The van der Waals surface area contributed by atoms with Crippen LogP contribution in [0.2, 0.25) is 0 Å². The molecule has 2 aromatic carbocycles. The summed E-state index contributed by atoms with van der Waals surface area (Å²) in [6, 6.07) is 21.6. The summed E-state index contributed by atoms with van der Waals surface area (Å²) in [5.41, 5.74) is 3.87. The molecule has 1 N–H and O–H groups in total. The molecule has 0 saturated heterocycles. The van der Waals surface area contributed by atoms with Gasteiger partial charge in [0.25, 0.3) is 5.78 Å². The van der Waals surface area contributed by atoms with Crippen molar-refractivity contribution in [2.45, 2.75) is 26.3 Å². The Hall–Kier alpha value is -3.54. The van der Waals surface area contributed by atoms with Gasteiger partial charge in [-0.3, -0.25) is 4.79 Å². The molecule has 2 aromatic heterocycles. The van der Waals surface area contributed by atoms with E-state index >= 15 is 0 Å². The molecule has 6 heteroatoms. The van der Waals surface area contributed by atoms with E-state index in [4.69, 9.17) is 0 Å². The Morgan fingerprint density at radius 1 is 0.964 bits per heavy atom. The van der Waals surface area contributed by atoms with Crippen molar-refractivity contribution < 1.29 is 4.79 Å². The van der Waals surface area contributed by atoms with Crippen LogP contribution in [0, 0.1) is 13.8 Å². The lowest BCUT2D eigenvalue weighted by atomic mass is 9.98. The molecule has 28 heavy (non-hydrogen) atoms. The van der Waals surface area contributed by atoms with Crippen molar-refractivity contribution in [3.05, 3.63) is 95.1 Å². The first-order valence-electron chi connectivity index (χ1n) is 9.19. The highest BCUT2D eigenvalue weighted by atomic mass is 16.1. The number of rotatable bonds is 5. The van der Waals surface area contributed by atoms with Gasteiger partial charge in [-0.2, -0.15) is 4.98 Å². The van der Waals surface area contributed by atoms with Crippen LogP contribution in [0.1, 0.15) is 34.4 Å². The van der Waals surface area contributed by atoms with Gasteiger partial charge in [0.1, 0.15) is 0 Å². The monoisotopic (exact) mass is 371 g/mol. The number of hydrogen-bond donors (Lipinski definition) is 1. The summed E-state index contributed by atoms with van der Waals surface area (Å²) in [6.07, 6.45) is 0.0953. The fourth-order valence-corrected chi connectivity index (χ4v) is 3.29. The van der Waals surface area contributed by atoms with Crippen LogP contribution in [0.5, 0.6) is 0 Å². The van der Waals surface area contributed by atoms with Crippen LogP contribution in [0.15, 0.2) is 66.7 Å². The van der Waals surface area contributed by atoms with E-state index in [1.807, 2.05) is 80.6 Å². The number of nitrogens with zero attached hydrogens (tertiary/aromatic N) is 4. The highest BCUT2D eigenvalue weighted by Crippen LogP contribution is 2.21. The summed E-state index contributed by atoms with van der Waals surface area (Å²) in [6.45, 7) is 3.86. The Morgan fingerprint density at radius 3 is 2.18 bits per heavy atom. The van der Waals surface area contributed by atoms with Gasteiger partial charge in [-0.25, -0.2) is 9.50 Å². The van der Waals surface area contributed by atoms with Gasteiger partial charge in [-0.05, 0) is 31.0 Å². The first-order valence-corrected chi connectivity index (χ1v) is 9.19. The third-order valence-corrected chi connectivity index (χ3v) is 4.55. The van der Waals surface area contributed by atoms with Crippen molar-refractivity contribution in [2.75, 3.05) is 0 Å². The first kappa shape index (κ1) is 17.9. The van der Waals surface area contributed by atoms with Gasteiger partial charge in [0, 0.05) is 11.4 Å². The smallest absolute Gasteiger partial charge is 0.252 e. The zero-order valence-corrected chi connectivity index (χ0v) is 15.8. The van der Waals surface area contributed by atoms with Gasteiger partial charge in [0.2, 0.25) is 5.91 Å². The maximum atomic E-state index is 12.8. The first-order chi connectivity index (χ1) is 13.6. The van der Waals surface area contributed by atoms with Crippen LogP contribution in [0.4, 0.5) is 0 Å². The van der Waals surface area contributed by atoms with Crippen LogP contribution in [-0.2, 0) is 11.2 Å². The number of benzene rings is 2. The summed E-state index contributed by atoms with van der Waals surface area (Å²) >= 11 is 0. The lowest BCUT2D eigenvalue weighted by Crippen LogP contribution is -2.30. The lowest BCUT2D eigenvalue weighted by Gasteiger charge is -2.19. The van der Waals surface area contributed by atoms with Crippen molar-refractivity contribution in [3.63, 3.8) is 0 Å². The quantitative estimate of drug-likeness (QED) is 0.585. The van der Waals surface area contributed by atoms with Crippen LogP contribution < -0.4 is 5.32 Å². The minimum Gasteiger partial charge on any atom is -0.345 e. The number of carbonyl (C=O) groups is 1. The molecule has 0 aliphatic rings. The predicted octanol–water partition coefficient (Wildman–Crippen LogP) is 3.19. The number of amides is 1. The number of aromatic nitrogens is 4. The lowest BCUT2D eigenvalue weighted by molar-refractivity contribution is -0.121. The summed E-state index contributed by atoms with van der Waals surface area (Å²) in [5.74, 6) is 0.838. The van der Waals surface area contributed by atoms with Crippen molar-refractivity contribution in [2.24, 2.45) is 0 Å². The molecule has 6 nitrogen and oxygen atoms in total. The highest BCUT2D eigenvalue weighted by Gasteiger charge is 2.18. The minimum atomic E-state index is -0.228. The fourth-order valence-electron chi connectivity index (χ4n) is 3.29. The van der Waals surface area contributed by atoms with Gasteiger partial charge in [-0.15, -0.1) is 5.10 Å². The van der Waals surface area contributed by atoms with Gasteiger partial charge in [0.15, 0.2) is 5.82 Å². The predicted molar refractivity (Wildman–Crippen MR) is 107 cm³/mol. The molecule has 0 saturated carbocycles. The third-order valence-electron chi connectivity index (χ3n) is 4.55. The summed E-state index contributed by atoms with van der Waals surface area (Å²) < 4.78 is 1.67. The molecule has 0 unspecified atom stereocenters. The average Bonchev–Trinajstić information content (AvgIpc) is 3.10. The Morgan fingerprint density at radius 2 is 1.57 bits per heavy atom. The van der Waals surface area contributed by atoms with Crippen molar-refractivity contribution >= 4 is 11.7 Å². The molecule has 0 radical (unpaired) electrons. The van der Waals surface area contributed by atoms with E-state index in [0.29, 0.717) is 11.6 Å². The fraction of sp³-hybridized carbons (Fsp3) is 0.182. The van der Waals surface area contributed by atoms with E-state index in [-0.39, 0.29) is 18.4 Å². The molecule has 2 heterocycles. The van der Waals surface area contributed by atoms with E-state index in [1.54, 1.807) is 4.52 Å². The number of fused-ring (bicyclic) bond motifs is 1. The number of aryl methyl sites for hydroxylation is 2. The summed E-state index contributed by atoms with van der Waals surface area (Å²) in [5, 5.41) is 7.55. The number of carbonyl (C=O) groups excluding carboxylic acids is 1. The van der Waals surface area contributed by atoms with Crippen LogP contribution in [0.3, 0.4) is 0 Å².